The molecule has 2 N–H and O–H groups in total. The molecule has 1 rings (SSSR count). The zero-order valence-electron chi connectivity index (χ0n) is 7.72. The number of rotatable bonds is 0. The van der Waals surface area contributed by atoms with Crippen molar-refractivity contribution in [2.45, 2.75) is 25.5 Å². The maximum absolute atomic E-state index is 6.02. The van der Waals surface area contributed by atoms with Crippen LogP contribution in [-0.4, -0.2) is 11.7 Å². The van der Waals surface area contributed by atoms with E-state index in [1.807, 2.05) is 32.2 Å². The van der Waals surface area contributed by atoms with Gasteiger partial charge in [-0.2, -0.15) is 0 Å². The molecule has 0 spiro atoms. The molecular formula is C9H14Cl2N2. The predicted octanol–water partition coefficient (Wildman–Crippen LogP) is 2.36. The van der Waals surface area contributed by atoms with Gasteiger partial charge in [0, 0.05) is 11.0 Å². The summed E-state index contributed by atoms with van der Waals surface area (Å²) in [5.41, 5.74) is -0.225. The Kier molecular flexibility index (Phi) is 4.10. The van der Waals surface area contributed by atoms with Gasteiger partial charge in [-0.3, -0.25) is 5.32 Å². The molecule has 0 saturated heterocycles. The largest absolute Gasteiger partial charge is 0.376 e. The SMILES string of the molecule is CC1N/C=C\C(C)/C(Cl)=C\C(Cl)N1. The lowest BCUT2D eigenvalue weighted by atomic mass is 10.1. The minimum atomic E-state index is -0.225. The molecule has 0 radical (unpaired) electrons. The molecule has 4 heteroatoms. The maximum Gasteiger partial charge on any atom is 0.104 e. The van der Waals surface area contributed by atoms with Crippen molar-refractivity contribution in [1.29, 1.82) is 0 Å². The highest BCUT2D eigenvalue weighted by Crippen LogP contribution is 2.18. The van der Waals surface area contributed by atoms with E-state index in [2.05, 4.69) is 10.6 Å². The van der Waals surface area contributed by atoms with Crippen molar-refractivity contribution in [1.82, 2.24) is 10.6 Å². The molecule has 3 unspecified atom stereocenters. The molecule has 0 aromatic carbocycles. The second-order valence-electron chi connectivity index (χ2n) is 3.16. The maximum atomic E-state index is 6.02. The van der Waals surface area contributed by atoms with Gasteiger partial charge in [0.25, 0.3) is 0 Å². The molecule has 3 atom stereocenters. The average Bonchev–Trinajstić information content (AvgIpc) is 2.06. The molecule has 0 amide bonds. The normalized spacial score (nSPS) is 41.8. The first-order valence-corrected chi connectivity index (χ1v) is 5.11. The number of hydrogen-bond donors (Lipinski definition) is 2. The molecular weight excluding hydrogens is 207 g/mol. The average molecular weight is 221 g/mol. The third-order valence-electron chi connectivity index (χ3n) is 1.88. The number of hydrogen-bond acceptors (Lipinski definition) is 2. The Morgan fingerprint density at radius 2 is 2.08 bits per heavy atom. The molecule has 0 fully saturated rings. The van der Waals surface area contributed by atoms with Crippen molar-refractivity contribution >= 4 is 23.2 Å². The monoisotopic (exact) mass is 220 g/mol. The van der Waals surface area contributed by atoms with Crippen LogP contribution in [0.15, 0.2) is 23.4 Å². The Morgan fingerprint density at radius 1 is 1.38 bits per heavy atom. The molecule has 0 bridgehead atoms. The summed E-state index contributed by atoms with van der Waals surface area (Å²) < 4.78 is 0. The van der Waals surface area contributed by atoms with Crippen molar-refractivity contribution in [3.8, 4) is 0 Å². The highest BCUT2D eigenvalue weighted by atomic mass is 35.5. The van der Waals surface area contributed by atoms with Crippen LogP contribution in [0.5, 0.6) is 0 Å². The molecule has 74 valence electrons. The number of nitrogens with one attached hydrogen (secondary N) is 2. The second-order valence-corrected chi connectivity index (χ2v) is 4.06. The van der Waals surface area contributed by atoms with Gasteiger partial charge < -0.3 is 5.32 Å². The topological polar surface area (TPSA) is 24.1 Å². The molecule has 0 aromatic rings. The molecule has 0 aliphatic carbocycles. The molecule has 1 aliphatic heterocycles. The second kappa shape index (κ2) is 4.89. The summed E-state index contributed by atoms with van der Waals surface area (Å²) >= 11 is 12.0. The van der Waals surface area contributed by atoms with Crippen LogP contribution in [0.1, 0.15) is 13.8 Å². The van der Waals surface area contributed by atoms with Crippen molar-refractivity contribution in [2.75, 3.05) is 0 Å². The quantitative estimate of drug-likeness (QED) is 0.484. The van der Waals surface area contributed by atoms with Crippen LogP contribution in [0.2, 0.25) is 0 Å². The lowest BCUT2D eigenvalue weighted by Crippen LogP contribution is -2.40. The highest BCUT2D eigenvalue weighted by molar-refractivity contribution is 6.31. The van der Waals surface area contributed by atoms with Crippen LogP contribution in [0.3, 0.4) is 0 Å². The van der Waals surface area contributed by atoms with Crippen molar-refractivity contribution in [3.05, 3.63) is 23.4 Å². The molecule has 0 aromatic heterocycles. The van der Waals surface area contributed by atoms with E-state index in [4.69, 9.17) is 23.2 Å². The summed E-state index contributed by atoms with van der Waals surface area (Å²) in [6.45, 7) is 4.02. The van der Waals surface area contributed by atoms with Gasteiger partial charge in [-0.25, -0.2) is 0 Å². The van der Waals surface area contributed by atoms with E-state index in [1.165, 1.54) is 0 Å². The van der Waals surface area contributed by atoms with Crippen LogP contribution in [0, 0.1) is 5.92 Å². The van der Waals surface area contributed by atoms with Crippen molar-refractivity contribution in [2.24, 2.45) is 5.92 Å². The van der Waals surface area contributed by atoms with Gasteiger partial charge in [-0.05, 0) is 19.2 Å². The van der Waals surface area contributed by atoms with Gasteiger partial charge in [0.15, 0.2) is 0 Å². The first-order valence-electron chi connectivity index (χ1n) is 4.29. The lowest BCUT2D eigenvalue weighted by Gasteiger charge is -2.15. The van der Waals surface area contributed by atoms with Crippen LogP contribution in [-0.2, 0) is 0 Å². The van der Waals surface area contributed by atoms with E-state index in [0.29, 0.717) is 0 Å². The van der Waals surface area contributed by atoms with Crippen LogP contribution < -0.4 is 10.6 Å². The van der Waals surface area contributed by atoms with E-state index in [0.717, 1.165) is 5.03 Å². The fourth-order valence-electron chi connectivity index (χ4n) is 1.06. The molecule has 13 heavy (non-hydrogen) atoms. The summed E-state index contributed by atoms with van der Waals surface area (Å²) in [6, 6.07) is 0. The van der Waals surface area contributed by atoms with Gasteiger partial charge in [0.1, 0.15) is 5.50 Å². The summed E-state index contributed by atoms with van der Waals surface area (Å²) in [5, 5.41) is 7.02. The zero-order chi connectivity index (χ0) is 9.84. The summed E-state index contributed by atoms with van der Waals surface area (Å²) in [6.07, 6.45) is 5.87. The number of halogens is 2. The third kappa shape index (κ3) is 3.59. The Labute approximate surface area is 89.0 Å². The van der Waals surface area contributed by atoms with Gasteiger partial charge in [-0.15, -0.1) is 11.6 Å². The van der Waals surface area contributed by atoms with Crippen molar-refractivity contribution < 1.29 is 0 Å². The van der Waals surface area contributed by atoms with Crippen molar-refractivity contribution in [3.63, 3.8) is 0 Å². The minimum absolute atomic E-state index is 0.143. The van der Waals surface area contributed by atoms with Crippen LogP contribution >= 0.6 is 23.2 Å². The smallest absolute Gasteiger partial charge is 0.104 e. The first kappa shape index (κ1) is 10.9. The van der Waals surface area contributed by atoms with Crippen LogP contribution in [0.4, 0.5) is 0 Å². The fourth-order valence-corrected chi connectivity index (χ4v) is 1.65. The van der Waals surface area contributed by atoms with Gasteiger partial charge in [0.2, 0.25) is 0 Å². The summed E-state index contributed by atoms with van der Waals surface area (Å²) in [7, 11) is 0. The Morgan fingerprint density at radius 3 is 2.77 bits per heavy atom. The number of alkyl halides is 1. The summed E-state index contributed by atoms with van der Waals surface area (Å²) in [4.78, 5) is 0. The Hall–Kier alpha value is -0.180. The fraction of sp³-hybridized carbons (Fsp3) is 0.556. The van der Waals surface area contributed by atoms with E-state index in [9.17, 15) is 0 Å². The minimum Gasteiger partial charge on any atom is -0.376 e. The van der Waals surface area contributed by atoms with Crippen LogP contribution in [0.25, 0.3) is 0 Å². The predicted molar refractivity (Wildman–Crippen MR) is 57.6 cm³/mol. The van der Waals surface area contributed by atoms with Gasteiger partial charge in [-0.1, -0.05) is 24.6 Å². The van der Waals surface area contributed by atoms with E-state index in [-0.39, 0.29) is 17.6 Å². The standard InChI is InChI=1S/C9H14Cl2N2/c1-6-3-4-12-7(2)13-9(11)5-8(6)10/h3-7,9,12-13H,1-2H3/b4-3-,8-5+. The lowest BCUT2D eigenvalue weighted by molar-refractivity contribution is 0.517. The van der Waals surface area contributed by atoms with Gasteiger partial charge in [0.05, 0.1) is 6.17 Å². The van der Waals surface area contributed by atoms with E-state index >= 15 is 0 Å². The van der Waals surface area contributed by atoms with E-state index < -0.39 is 0 Å². The zero-order valence-corrected chi connectivity index (χ0v) is 9.23. The Bertz CT molecular complexity index is 226. The molecule has 1 heterocycles. The number of allylic oxidation sites excluding steroid dienone is 2. The third-order valence-corrected chi connectivity index (χ3v) is 2.60. The van der Waals surface area contributed by atoms with Gasteiger partial charge >= 0.3 is 0 Å². The molecule has 2 nitrogen and oxygen atoms in total. The molecule has 1 aliphatic rings. The van der Waals surface area contributed by atoms with E-state index in [1.54, 1.807) is 0 Å². The highest BCUT2D eigenvalue weighted by Gasteiger charge is 2.10. The summed E-state index contributed by atoms with van der Waals surface area (Å²) in [5.74, 6) is 0.211. The molecule has 0 saturated carbocycles. The Balaban J connectivity index is 2.75. The first-order chi connectivity index (χ1) is 6.09.